The number of thiophene rings is 1. The molecule has 0 atom stereocenters. The van der Waals surface area contributed by atoms with Gasteiger partial charge in [0, 0.05) is 26.2 Å². The first-order valence-corrected chi connectivity index (χ1v) is 10.6. The van der Waals surface area contributed by atoms with Crippen molar-refractivity contribution in [3.05, 3.63) is 63.8 Å². The van der Waals surface area contributed by atoms with Crippen LogP contribution in [-0.4, -0.2) is 51.2 Å². The standard InChI is InChI=1S/C21H20FN5O2S/c1-14-23-26(21(29)18-12-19-17(27(14)18)6-11-30-19)13-20(28)25-9-7-24(8-10-25)16-5-3-2-4-15(16)22/h2-6,11-12H,7-10,13H2,1H3. The lowest BCUT2D eigenvalue weighted by atomic mass is 10.2. The third kappa shape index (κ3) is 3.06. The molecule has 0 spiro atoms. The number of carbonyl (C=O) groups is 1. The van der Waals surface area contributed by atoms with E-state index in [2.05, 4.69) is 5.10 Å². The fraction of sp³-hybridized carbons (Fsp3) is 0.286. The number of hydrogen-bond donors (Lipinski definition) is 0. The number of benzene rings is 1. The number of para-hydroxylation sites is 1. The average molecular weight is 425 g/mol. The molecule has 0 N–H and O–H groups in total. The summed E-state index contributed by atoms with van der Waals surface area (Å²) in [5.41, 5.74) is 1.76. The second-order valence-electron chi connectivity index (χ2n) is 7.36. The van der Waals surface area contributed by atoms with E-state index >= 15 is 0 Å². The predicted molar refractivity (Wildman–Crippen MR) is 115 cm³/mol. The van der Waals surface area contributed by atoms with Gasteiger partial charge in [0.2, 0.25) is 5.91 Å². The van der Waals surface area contributed by atoms with Crippen LogP contribution in [0.1, 0.15) is 5.82 Å². The summed E-state index contributed by atoms with van der Waals surface area (Å²) in [4.78, 5) is 29.4. The highest BCUT2D eigenvalue weighted by Crippen LogP contribution is 2.24. The van der Waals surface area contributed by atoms with Crippen LogP contribution in [0.5, 0.6) is 0 Å². The number of aryl methyl sites for hydroxylation is 1. The Morgan fingerprint density at radius 2 is 1.90 bits per heavy atom. The number of carbonyl (C=O) groups excluding carboxylic acids is 1. The Morgan fingerprint density at radius 1 is 1.13 bits per heavy atom. The summed E-state index contributed by atoms with van der Waals surface area (Å²) in [5.74, 6) is 0.244. The summed E-state index contributed by atoms with van der Waals surface area (Å²) in [5, 5.41) is 6.35. The number of amides is 1. The van der Waals surface area contributed by atoms with E-state index in [1.807, 2.05) is 33.7 Å². The Balaban J connectivity index is 1.34. The van der Waals surface area contributed by atoms with Crippen molar-refractivity contribution in [2.24, 2.45) is 0 Å². The van der Waals surface area contributed by atoms with Gasteiger partial charge in [-0.25, -0.2) is 9.07 Å². The van der Waals surface area contributed by atoms with E-state index in [-0.39, 0.29) is 23.8 Å². The zero-order valence-corrected chi connectivity index (χ0v) is 17.2. The molecule has 1 aliphatic heterocycles. The summed E-state index contributed by atoms with van der Waals surface area (Å²) >= 11 is 1.57. The van der Waals surface area contributed by atoms with E-state index in [0.717, 1.165) is 10.2 Å². The number of nitrogens with zero attached hydrogens (tertiary/aromatic N) is 5. The fourth-order valence-corrected chi connectivity index (χ4v) is 4.87. The molecule has 0 bridgehead atoms. The minimum absolute atomic E-state index is 0.102. The topological polar surface area (TPSA) is 62.9 Å². The van der Waals surface area contributed by atoms with Gasteiger partial charge in [0.1, 0.15) is 23.7 Å². The van der Waals surface area contributed by atoms with Crippen LogP contribution in [0.3, 0.4) is 0 Å². The minimum Gasteiger partial charge on any atom is -0.366 e. The van der Waals surface area contributed by atoms with Gasteiger partial charge in [-0.1, -0.05) is 12.1 Å². The van der Waals surface area contributed by atoms with Gasteiger partial charge in [-0.05, 0) is 36.6 Å². The van der Waals surface area contributed by atoms with Crippen LogP contribution in [0, 0.1) is 12.7 Å². The first-order valence-electron chi connectivity index (χ1n) is 9.76. The molecule has 0 aliphatic carbocycles. The van der Waals surface area contributed by atoms with E-state index in [1.54, 1.807) is 34.4 Å². The van der Waals surface area contributed by atoms with Crippen LogP contribution in [0.4, 0.5) is 10.1 Å². The molecular weight excluding hydrogens is 405 g/mol. The maximum absolute atomic E-state index is 14.0. The number of hydrogen-bond acceptors (Lipinski definition) is 5. The molecule has 7 nitrogen and oxygen atoms in total. The third-order valence-electron chi connectivity index (χ3n) is 5.58. The molecule has 3 aromatic heterocycles. The molecule has 0 unspecified atom stereocenters. The van der Waals surface area contributed by atoms with Crippen molar-refractivity contribution in [1.82, 2.24) is 19.1 Å². The van der Waals surface area contributed by atoms with Crippen LogP contribution in [-0.2, 0) is 11.3 Å². The quantitative estimate of drug-likeness (QED) is 0.506. The minimum atomic E-state index is -0.276. The normalized spacial score (nSPS) is 14.7. The van der Waals surface area contributed by atoms with E-state index in [4.69, 9.17) is 0 Å². The Bertz CT molecular complexity index is 1320. The molecule has 4 aromatic rings. The number of aromatic nitrogens is 3. The maximum atomic E-state index is 14.0. The summed E-state index contributed by atoms with van der Waals surface area (Å²) in [6.45, 7) is 3.77. The molecule has 30 heavy (non-hydrogen) atoms. The monoisotopic (exact) mass is 425 g/mol. The van der Waals surface area contributed by atoms with E-state index < -0.39 is 0 Å². The second kappa shape index (κ2) is 7.24. The molecule has 154 valence electrons. The zero-order valence-electron chi connectivity index (χ0n) is 16.4. The van der Waals surface area contributed by atoms with Crippen molar-refractivity contribution in [2.75, 3.05) is 31.1 Å². The molecule has 1 aliphatic rings. The number of piperazine rings is 1. The summed E-state index contributed by atoms with van der Waals surface area (Å²) in [7, 11) is 0. The van der Waals surface area contributed by atoms with Crippen molar-refractivity contribution in [1.29, 1.82) is 0 Å². The third-order valence-corrected chi connectivity index (χ3v) is 6.43. The average Bonchev–Trinajstić information content (AvgIpc) is 3.34. The van der Waals surface area contributed by atoms with Crippen LogP contribution < -0.4 is 10.5 Å². The van der Waals surface area contributed by atoms with E-state index in [9.17, 15) is 14.0 Å². The predicted octanol–water partition coefficient (Wildman–Crippen LogP) is 2.51. The molecule has 1 aromatic carbocycles. The SMILES string of the molecule is Cc1nn(CC(=O)N2CCN(c3ccccc3F)CC2)c(=O)c2cc3sccc3n12. The Morgan fingerprint density at radius 3 is 2.67 bits per heavy atom. The molecule has 0 saturated carbocycles. The molecule has 5 rings (SSSR count). The van der Waals surface area contributed by atoms with Crippen LogP contribution in [0.15, 0.2) is 46.6 Å². The van der Waals surface area contributed by atoms with Gasteiger partial charge in [-0.2, -0.15) is 5.10 Å². The van der Waals surface area contributed by atoms with Gasteiger partial charge in [0.05, 0.1) is 15.9 Å². The van der Waals surface area contributed by atoms with Crippen molar-refractivity contribution in [3.63, 3.8) is 0 Å². The molecule has 4 heterocycles. The Kier molecular flexibility index (Phi) is 4.54. The van der Waals surface area contributed by atoms with Crippen LogP contribution in [0.25, 0.3) is 15.7 Å². The van der Waals surface area contributed by atoms with Crippen molar-refractivity contribution in [2.45, 2.75) is 13.5 Å². The maximum Gasteiger partial charge on any atom is 0.291 e. The lowest BCUT2D eigenvalue weighted by molar-refractivity contribution is -0.132. The lowest BCUT2D eigenvalue weighted by Crippen LogP contribution is -2.50. The smallest absolute Gasteiger partial charge is 0.291 e. The first-order chi connectivity index (χ1) is 14.5. The number of fused-ring (bicyclic) bond motifs is 3. The van der Waals surface area contributed by atoms with E-state index in [1.165, 1.54) is 10.7 Å². The first kappa shape index (κ1) is 18.8. The van der Waals surface area contributed by atoms with Crippen molar-refractivity contribution in [3.8, 4) is 0 Å². The number of anilines is 1. The Hall–Kier alpha value is -3.20. The van der Waals surface area contributed by atoms with Gasteiger partial charge < -0.3 is 9.80 Å². The molecule has 9 heteroatoms. The molecule has 1 amide bonds. The summed E-state index contributed by atoms with van der Waals surface area (Å²) < 4.78 is 18.1. The molecule has 1 saturated heterocycles. The van der Waals surface area contributed by atoms with Gasteiger partial charge in [-0.15, -0.1) is 11.3 Å². The van der Waals surface area contributed by atoms with Gasteiger partial charge in [0.25, 0.3) is 5.56 Å². The second-order valence-corrected chi connectivity index (χ2v) is 8.31. The van der Waals surface area contributed by atoms with Crippen LogP contribution >= 0.6 is 11.3 Å². The van der Waals surface area contributed by atoms with Crippen molar-refractivity contribution >= 4 is 38.7 Å². The summed E-state index contributed by atoms with van der Waals surface area (Å²) in [6.07, 6.45) is 0. The van der Waals surface area contributed by atoms with E-state index in [0.29, 0.717) is 43.2 Å². The Labute approximate surface area is 175 Å². The zero-order chi connectivity index (χ0) is 20.8. The number of rotatable bonds is 3. The van der Waals surface area contributed by atoms with Gasteiger partial charge >= 0.3 is 0 Å². The number of halogens is 1. The largest absolute Gasteiger partial charge is 0.366 e. The fourth-order valence-electron chi connectivity index (χ4n) is 4.07. The molecular formula is C21H20FN5O2S. The summed E-state index contributed by atoms with van der Waals surface area (Å²) in [6, 6.07) is 10.5. The molecule has 0 radical (unpaired) electrons. The highest BCUT2D eigenvalue weighted by atomic mass is 32.1. The van der Waals surface area contributed by atoms with Gasteiger partial charge in [-0.3, -0.25) is 14.0 Å². The highest BCUT2D eigenvalue weighted by Gasteiger charge is 2.24. The van der Waals surface area contributed by atoms with Crippen LogP contribution in [0.2, 0.25) is 0 Å². The van der Waals surface area contributed by atoms with Crippen molar-refractivity contribution < 1.29 is 9.18 Å². The molecule has 1 fully saturated rings. The van der Waals surface area contributed by atoms with Gasteiger partial charge in [0.15, 0.2) is 0 Å². The lowest BCUT2D eigenvalue weighted by Gasteiger charge is -2.36. The highest BCUT2D eigenvalue weighted by molar-refractivity contribution is 7.17.